The van der Waals surface area contributed by atoms with Gasteiger partial charge in [-0.25, -0.2) is 0 Å². The largest absolute Gasteiger partial charge is 0.341 e. The molecule has 0 spiro atoms. The van der Waals surface area contributed by atoms with Crippen LogP contribution in [0.15, 0.2) is 42.5 Å². The molecule has 3 rings (SSSR count). The molecule has 0 saturated carbocycles. The van der Waals surface area contributed by atoms with Gasteiger partial charge in [-0.05, 0) is 38.4 Å². The lowest BCUT2D eigenvalue weighted by Crippen LogP contribution is -2.37. The monoisotopic (exact) mass is 408 g/mol. The Balaban J connectivity index is 2.22. The van der Waals surface area contributed by atoms with E-state index in [0.717, 1.165) is 0 Å². The molecule has 144 valence electrons. The SMILES string of the molecule is CN(C)CCOC1(c2ccccc2Cl)OCC(=O)N(C)c2ccc(Cl)cc21. The first-order chi connectivity index (χ1) is 12.8. The molecule has 7 heteroatoms. The fraction of sp³-hybridized carbons (Fsp3) is 0.350. The highest BCUT2D eigenvalue weighted by atomic mass is 35.5. The van der Waals surface area contributed by atoms with E-state index in [9.17, 15) is 4.79 Å². The van der Waals surface area contributed by atoms with Crippen molar-refractivity contribution < 1.29 is 14.3 Å². The van der Waals surface area contributed by atoms with E-state index in [4.69, 9.17) is 32.7 Å². The zero-order valence-electron chi connectivity index (χ0n) is 15.5. The van der Waals surface area contributed by atoms with E-state index in [1.165, 1.54) is 0 Å². The molecular weight excluding hydrogens is 387 g/mol. The Morgan fingerprint density at radius 2 is 1.93 bits per heavy atom. The molecule has 1 heterocycles. The number of nitrogens with zero attached hydrogens (tertiary/aromatic N) is 2. The van der Waals surface area contributed by atoms with Gasteiger partial charge < -0.3 is 19.3 Å². The number of carbonyl (C=O) groups is 1. The maximum atomic E-state index is 12.5. The molecule has 1 atom stereocenters. The summed E-state index contributed by atoms with van der Waals surface area (Å²) in [6.45, 7) is 0.910. The summed E-state index contributed by atoms with van der Waals surface area (Å²) in [5, 5.41) is 1.01. The number of ether oxygens (including phenoxy) is 2. The summed E-state index contributed by atoms with van der Waals surface area (Å²) in [5.41, 5.74) is 1.96. The Hall–Kier alpha value is -1.63. The van der Waals surface area contributed by atoms with Crippen molar-refractivity contribution in [2.45, 2.75) is 5.79 Å². The fourth-order valence-electron chi connectivity index (χ4n) is 3.06. The van der Waals surface area contributed by atoms with E-state index >= 15 is 0 Å². The highest BCUT2D eigenvalue weighted by molar-refractivity contribution is 6.31. The minimum absolute atomic E-state index is 0.143. The van der Waals surface area contributed by atoms with Crippen molar-refractivity contribution in [2.75, 3.05) is 45.8 Å². The Morgan fingerprint density at radius 3 is 2.63 bits per heavy atom. The van der Waals surface area contributed by atoms with Gasteiger partial charge in [-0.2, -0.15) is 0 Å². The predicted molar refractivity (Wildman–Crippen MR) is 108 cm³/mol. The number of halogens is 2. The Kier molecular flexibility index (Phi) is 6.08. The van der Waals surface area contributed by atoms with Gasteiger partial charge in [-0.15, -0.1) is 0 Å². The smallest absolute Gasteiger partial charge is 0.252 e. The molecule has 5 nitrogen and oxygen atoms in total. The van der Waals surface area contributed by atoms with Gasteiger partial charge in [0.15, 0.2) is 0 Å². The zero-order chi connectivity index (χ0) is 19.6. The molecule has 0 fully saturated rings. The maximum absolute atomic E-state index is 12.5. The zero-order valence-corrected chi connectivity index (χ0v) is 17.0. The summed E-state index contributed by atoms with van der Waals surface area (Å²) < 4.78 is 12.4. The van der Waals surface area contributed by atoms with Crippen LogP contribution >= 0.6 is 23.2 Å². The van der Waals surface area contributed by atoms with Crippen LogP contribution in [-0.2, 0) is 20.1 Å². The van der Waals surface area contributed by atoms with E-state index in [-0.39, 0.29) is 12.5 Å². The van der Waals surface area contributed by atoms with E-state index in [1.54, 1.807) is 36.2 Å². The molecule has 1 unspecified atom stereocenters. The second kappa shape index (κ2) is 8.17. The Morgan fingerprint density at radius 1 is 1.19 bits per heavy atom. The minimum atomic E-state index is -1.34. The standard InChI is InChI=1S/C20H22Cl2N2O3/c1-23(2)10-11-26-20(15-6-4-5-7-17(15)22)16-12-14(21)8-9-18(16)24(3)19(25)13-27-20/h4-9,12H,10-11,13H2,1-3H3. The number of hydrogen-bond donors (Lipinski definition) is 0. The van der Waals surface area contributed by atoms with Crippen LogP contribution in [0.3, 0.4) is 0 Å². The van der Waals surface area contributed by atoms with Gasteiger partial charge in [0.05, 0.1) is 12.3 Å². The Bertz CT molecular complexity index is 844. The van der Waals surface area contributed by atoms with E-state index in [2.05, 4.69) is 0 Å². The maximum Gasteiger partial charge on any atom is 0.252 e. The number of anilines is 1. The fourth-order valence-corrected chi connectivity index (χ4v) is 3.49. The number of rotatable bonds is 5. The van der Waals surface area contributed by atoms with Crippen LogP contribution in [0.1, 0.15) is 11.1 Å². The summed E-state index contributed by atoms with van der Waals surface area (Å²) >= 11 is 12.8. The van der Waals surface area contributed by atoms with Gasteiger partial charge in [-0.1, -0.05) is 41.4 Å². The lowest BCUT2D eigenvalue weighted by Gasteiger charge is -2.35. The van der Waals surface area contributed by atoms with Gasteiger partial charge in [-0.3, -0.25) is 4.79 Å². The molecule has 0 aromatic heterocycles. The first-order valence-electron chi connectivity index (χ1n) is 8.59. The van der Waals surface area contributed by atoms with Gasteiger partial charge in [0, 0.05) is 34.8 Å². The van der Waals surface area contributed by atoms with Crippen molar-refractivity contribution in [2.24, 2.45) is 0 Å². The Labute approximate surface area is 169 Å². The quantitative estimate of drug-likeness (QED) is 0.754. The summed E-state index contributed by atoms with van der Waals surface area (Å²) in [6.07, 6.45) is 0. The number of fused-ring (bicyclic) bond motifs is 1. The van der Waals surface area contributed by atoms with E-state index < -0.39 is 5.79 Å². The van der Waals surface area contributed by atoms with Crippen LogP contribution in [0, 0.1) is 0 Å². The lowest BCUT2D eigenvalue weighted by atomic mass is 9.95. The topological polar surface area (TPSA) is 42.0 Å². The third kappa shape index (κ3) is 3.98. The first kappa shape index (κ1) is 20.1. The molecule has 0 bridgehead atoms. The minimum Gasteiger partial charge on any atom is -0.341 e. The molecule has 0 N–H and O–H groups in total. The van der Waals surface area contributed by atoms with Crippen molar-refractivity contribution in [1.82, 2.24) is 4.90 Å². The third-order valence-electron chi connectivity index (χ3n) is 4.52. The number of benzene rings is 2. The van der Waals surface area contributed by atoms with Crippen LogP contribution in [0.2, 0.25) is 10.0 Å². The average Bonchev–Trinajstić information content (AvgIpc) is 2.73. The highest BCUT2D eigenvalue weighted by Gasteiger charge is 2.44. The second-order valence-corrected chi connectivity index (χ2v) is 7.49. The number of carbonyl (C=O) groups excluding carboxylic acids is 1. The summed E-state index contributed by atoms with van der Waals surface area (Å²) in [5.74, 6) is -1.52. The van der Waals surface area contributed by atoms with E-state index in [0.29, 0.717) is 40.0 Å². The van der Waals surface area contributed by atoms with Crippen LogP contribution < -0.4 is 4.90 Å². The van der Waals surface area contributed by atoms with Crippen molar-refractivity contribution in [3.63, 3.8) is 0 Å². The molecule has 1 aliphatic heterocycles. The number of hydrogen-bond acceptors (Lipinski definition) is 4. The molecule has 27 heavy (non-hydrogen) atoms. The van der Waals surface area contributed by atoms with Gasteiger partial charge >= 0.3 is 0 Å². The van der Waals surface area contributed by atoms with E-state index in [1.807, 2.05) is 37.2 Å². The first-order valence-corrected chi connectivity index (χ1v) is 9.35. The van der Waals surface area contributed by atoms with Gasteiger partial charge in [0.1, 0.15) is 6.61 Å². The second-order valence-electron chi connectivity index (χ2n) is 6.65. The molecule has 1 aliphatic rings. The predicted octanol–water partition coefficient (Wildman–Crippen LogP) is 3.77. The normalized spacial score (nSPS) is 19.9. The third-order valence-corrected chi connectivity index (χ3v) is 5.08. The van der Waals surface area contributed by atoms with Crippen LogP contribution in [0.4, 0.5) is 5.69 Å². The summed E-state index contributed by atoms with van der Waals surface area (Å²) in [6, 6.07) is 12.6. The number of amides is 1. The molecular formula is C20H22Cl2N2O3. The van der Waals surface area contributed by atoms with Crippen LogP contribution in [0.25, 0.3) is 0 Å². The summed E-state index contributed by atoms with van der Waals surface area (Å²) in [4.78, 5) is 16.1. The average molecular weight is 409 g/mol. The van der Waals surface area contributed by atoms with Crippen LogP contribution in [-0.4, -0.2) is 51.7 Å². The van der Waals surface area contributed by atoms with Gasteiger partial charge in [0.2, 0.25) is 5.79 Å². The van der Waals surface area contributed by atoms with Crippen molar-refractivity contribution >= 4 is 34.8 Å². The molecule has 1 amide bonds. The van der Waals surface area contributed by atoms with Crippen molar-refractivity contribution in [3.8, 4) is 0 Å². The van der Waals surface area contributed by atoms with Crippen LogP contribution in [0.5, 0.6) is 0 Å². The lowest BCUT2D eigenvalue weighted by molar-refractivity contribution is -0.215. The summed E-state index contributed by atoms with van der Waals surface area (Å²) in [7, 11) is 5.63. The molecule has 2 aromatic carbocycles. The molecule has 2 aromatic rings. The number of likely N-dealkylation sites (N-methyl/N-ethyl adjacent to an activating group) is 2. The molecule has 0 saturated heterocycles. The molecule has 0 radical (unpaired) electrons. The van der Waals surface area contributed by atoms with Crippen molar-refractivity contribution in [3.05, 3.63) is 63.6 Å². The van der Waals surface area contributed by atoms with Crippen molar-refractivity contribution in [1.29, 1.82) is 0 Å². The molecule has 0 aliphatic carbocycles. The highest BCUT2D eigenvalue weighted by Crippen LogP contribution is 2.45. The van der Waals surface area contributed by atoms with Gasteiger partial charge in [0.25, 0.3) is 5.91 Å².